The first-order valence-electron chi connectivity index (χ1n) is 16.3. The van der Waals surface area contributed by atoms with Gasteiger partial charge in [0.25, 0.3) is 0 Å². The first-order chi connectivity index (χ1) is 24.7. The molecule has 0 unspecified atom stereocenters. The highest BCUT2D eigenvalue weighted by molar-refractivity contribution is 6.12. The molecule has 0 amide bonds. The van der Waals surface area contributed by atoms with Crippen LogP contribution in [-0.2, 0) is 0 Å². The van der Waals surface area contributed by atoms with Gasteiger partial charge in [0, 0.05) is 32.8 Å². The third-order valence-corrected chi connectivity index (χ3v) is 9.57. The summed E-state index contributed by atoms with van der Waals surface area (Å²) in [5.74, 6) is 0. The molecule has 0 spiro atoms. The van der Waals surface area contributed by atoms with E-state index in [0.717, 1.165) is 66.5 Å². The highest BCUT2D eigenvalue weighted by atomic mass is 15.0. The van der Waals surface area contributed by atoms with Gasteiger partial charge in [-0.15, -0.1) is 0 Å². The maximum Gasteiger partial charge on any atom is 0.101 e. The van der Waals surface area contributed by atoms with Crippen molar-refractivity contribution in [2.24, 2.45) is 0 Å². The van der Waals surface area contributed by atoms with Crippen molar-refractivity contribution < 1.29 is 0 Å². The van der Waals surface area contributed by atoms with Crippen molar-refractivity contribution in [2.45, 2.75) is 0 Å². The molecule has 9 rings (SSSR count). The fourth-order valence-corrected chi connectivity index (χ4v) is 7.43. The van der Waals surface area contributed by atoms with Gasteiger partial charge in [-0.05, 0) is 89.5 Å². The molecule has 0 aliphatic carbocycles. The lowest BCUT2D eigenvalue weighted by molar-refractivity contribution is 1.17. The van der Waals surface area contributed by atoms with Gasteiger partial charge in [0.2, 0.25) is 0 Å². The van der Waals surface area contributed by atoms with Crippen molar-refractivity contribution in [3.63, 3.8) is 0 Å². The smallest absolute Gasteiger partial charge is 0.101 e. The number of fused-ring (bicyclic) bond motifs is 6. The van der Waals surface area contributed by atoms with Gasteiger partial charge in [0.1, 0.15) is 6.07 Å². The van der Waals surface area contributed by atoms with Crippen LogP contribution in [-0.4, -0.2) is 9.13 Å². The average molecular weight is 636 g/mol. The number of hydrogen-bond acceptors (Lipinski definition) is 3. The molecular weight excluding hydrogens is 611 g/mol. The number of benzene rings is 7. The molecule has 0 fully saturated rings. The molecular formula is C45H25N5. The fraction of sp³-hybridized carbons (Fsp3) is 0. The SMILES string of the molecule is N#Cc1cc(-c2cccc(-n3c4ccc(C#N)cc4c4cccc(C#N)c43)c2)cc(-c2ccccc2-n2c3ccccc3c3ccccc32)c1. The van der Waals surface area contributed by atoms with Crippen LogP contribution in [0.25, 0.3) is 77.2 Å². The van der Waals surface area contributed by atoms with Crippen LogP contribution in [0.3, 0.4) is 0 Å². The van der Waals surface area contributed by atoms with Crippen molar-refractivity contribution in [2.75, 3.05) is 0 Å². The van der Waals surface area contributed by atoms with E-state index in [1.807, 2.05) is 66.7 Å². The van der Waals surface area contributed by atoms with Crippen molar-refractivity contribution in [1.29, 1.82) is 15.8 Å². The van der Waals surface area contributed by atoms with Crippen LogP contribution in [0.4, 0.5) is 0 Å². The molecule has 2 heterocycles. The summed E-state index contributed by atoms with van der Waals surface area (Å²) in [6, 6.07) is 57.9. The Hall–Kier alpha value is -7.39. The van der Waals surface area contributed by atoms with Gasteiger partial charge < -0.3 is 9.13 Å². The summed E-state index contributed by atoms with van der Waals surface area (Å²) in [6.07, 6.45) is 0. The van der Waals surface area contributed by atoms with E-state index in [1.165, 1.54) is 10.8 Å². The van der Waals surface area contributed by atoms with Gasteiger partial charge in [-0.25, -0.2) is 0 Å². The molecule has 0 radical (unpaired) electrons. The molecule has 0 atom stereocenters. The van der Waals surface area contributed by atoms with E-state index in [9.17, 15) is 15.8 Å². The van der Waals surface area contributed by atoms with E-state index in [4.69, 9.17) is 0 Å². The molecule has 0 N–H and O–H groups in total. The Labute approximate surface area is 287 Å². The largest absolute Gasteiger partial charge is 0.309 e. The Kier molecular flexibility index (Phi) is 6.56. The average Bonchev–Trinajstić information content (AvgIpc) is 3.70. The maximum absolute atomic E-state index is 10.2. The van der Waals surface area contributed by atoms with Gasteiger partial charge in [-0.1, -0.05) is 78.9 Å². The van der Waals surface area contributed by atoms with E-state index in [0.29, 0.717) is 16.7 Å². The lowest BCUT2D eigenvalue weighted by Gasteiger charge is -2.16. The Morgan fingerprint density at radius 3 is 1.82 bits per heavy atom. The minimum atomic E-state index is 0.554. The second kappa shape index (κ2) is 11.4. The zero-order chi connectivity index (χ0) is 33.8. The summed E-state index contributed by atoms with van der Waals surface area (Å²) < 4.78 is 4.41. The first kappa shape index (κ1) is 28.8. The number of nitrogens with zero attached hydrogens (tertiary/aromatic N) is 5. The Bertz CT molecular complexity index is 2920. The fourth-order valence-electron chi connectivity index (χ4n) is 7.43. The Balaban J connectivity index is 1.25. The number of rotatable bonds is 4. The number of nitriles is 3. The highest BCUT2D eigenvalue weighted by Gasteiger charge is 2.18. The van der Waals surface area contributed by atoms with E-state index in [2.05, 4.69) is 112 Å². The summed E-state index contributed by atoms with van der Waals surface area (Å²) in [4.78, 5) is 0. The summed E-state index contributed by atoms with van der Waals surface area (Å²) in [7, 11) is 0. The van der Waals surface area contributed by atoms with Gasteiger partial charge in [-0.2, -0.15) is 15.8 Å². The molecule has 0 aliphatic heterocycles. The summed E-state index contributed by atoms with van der Waals surface area (Å²) in [5, 5.41) is 34.2. The molecule has 0 bridgehead atoms. The quantitative estimate of drug-likeness (QED) is 0.193. The third kappa shape index (κ3) is 4.38. The van der Waals surface area contributed by atoms with Crippen molar-refractivity contribution in [3.8, 4) is 51.8 Å². The summed E-state index contributed by atoms with van der Waals surface area (Å²) in [5.41, 5.74) is 11.3. The van der Waals surface area contributed by atoms with Crippen molar-refractivity contribution in [1.82, 2.24) is 9.13 Å². The zero-order valence-electron chi connectivity index (χ0n) is 26.7. The summed E-state index contributed by atoms with van der Waals surface area (Å²) in [6.45, 7) is 0. The number of aromatic nitrogens is 2. The van der Waals surface area contributed by atoms with Crippen LogP contribution >= 0.6 is 0 Å². The van der Waals surface area contributed by atoms with Crippen LogP contribution in [0.1, 0.15) is 16.7 Å². The van der Waals surface area contributed by atoms with Crippen LogP contribution in [0.5, 0.6) is 0 Å². The van der Waals surface area contributed by atoms with Gasteiger partial charge >= 0.3 is 0 Å². The normalized spacial score (nSPS) is 11.1. The summed E-state index contributed by atoms with van der Waals surface area (Å²) >= 11 is 0. The number of hydrogen-bond donors (Lipinski definition) is 0. The topological polar surface area (TPSA) is 81.2 Å². The van der Waals surface area contributed by atoms with Crippen LogP contribution in [0.2, 0.25) is 0 Å². The van der Waals surface area contributed by atoms with E-state index < -0.39 is 0 Å². The van der Waals surface area contributed by atoms with Gasteiger partial charge in [-0.3, -0.25) is 0 Å². The molecule has 0 saturated carbocycles. The van der Waals surface area contributed by atoms with Crippen molar-refractivity contribution in [3.05, 3.63) is 168 Å². The predicted octanol–water partition coefficient (Wildman–Crippen LogP) is 10.8. The molecule has 5 heteroatoms. The highest BCUT2D eigenvalue weighted by Crippen LogP contribution is 2.39. The monoisotopic (exact) mass is 635 g/mol. The van der Waals surface area contributed by atoms with Gasteiger partial charge in [0.15, 0.2) is 0 Å². The second-order valence-electron chi connectivity index (χ2n) is 12.3. The van der Waals surface area contributed by atoms with E-state index in [-0.39, 0.29) is 0 Å². The maximum atomic E-state index is 10.2. The Morgan fingerprint density at radius 1 is 0.400 bits per heavy atom. The van der Waals surface area contributed by atoms with Gasteiger partial charge in [0.05, 0.1) is 56.6 Å². The zero-order valence-corrected chi connectivity index (χ0v) is 26.7. The second-order valence-corrected chi connectivity index (χ2v) is 12.3. The molecule has 50 heavy (non-hydrogen) atoms. The van der Waals surface area contributed by atoms with Crippen LogP contribution < -0.4 is 0 Å². The molecule has 230 valence electrons. The minimum absolute atomic E-state index is 0.554. The molecule has 7 aromatic carbocycles. The molecule has 0 saturated heterocycles. The Morgan fingerprint density at radius 2 is 1.06 bits per heavy atom. The van der Waals surface area contributed by atoms with E-state index in [1.54, 1.807) is 0 Å². The predicted molar refractivity (Wildman–Crippen MR) is 200 cm³/mol. The van der Waals surface area contributed by atoms with Crippen molar-refractivity contribution >= 4 is 43.6 Å². The minimum Gasteiger partial charge on any atom is -0.309 e. The molecule has 0 aliphatic rings. The lowest BCUT2D eigenvalue weighted by Crippen LogP contribution is -1.98. The lowest BCUT2D eigenvalue weighted by atomic mass is 9.95. The number of para-hydroxylation sites is 4. The van der Waals surface area contributed by atoms with Crippen LogP contribution in [0.15, 0.2) is 152 Å². The van der Waals surface area contributed by atoms with Crippen LogP contribution in [0, 0.1) is 34.0 Å². The van der Waals surface area contributed by atoms with E-state index >= 15 is 0 Å². The molecule has 9 aromatic rings. The first-order valence-corrected chi connectivity index (χ1v) is 16.3. The molecule has 5 nitrogen and oxygen atoms in total. The standard InChI is InChI=1S/C45H25N5/c46-26-29-19-20-44-40(23-29)39-15-8-10-32(28-48)45(39)49(44)35-11-7-9-31(25-35)33-21-30(27-47)22-34(24-33)36-12-1-4-16-41(36)50-42-17-5-2-13-37(42)38-14-3-6-18-43(38)50/h1-25H. The molecule has 2 aromatic heterocycles. The third-order valence-electron chi connectivity index (χ3n) is 9.57.